The number of carbonyl (C=O) groups is 5. The molecular formula is C24H33N3O7S. The van der Waals surface area contributed by atoms with Crippen LogP contribution in [0, 0.1) is 5.92 Å². The quantitative estimate of drug-likeness (QED) is 0.431. The minimum atomic E-state index is -1.68. The number of ether oxygens (including phenoxy) is 1. The van der Waals surface area contributed by atoms with Crippen LogP contribution in [0.1, 0.15) is 51.5 Å². The summed E-state index contributed by atoms with van der Waals surface area (Å²) < 4.78 is 5.28. The highest BCUT2D eigenvalue weighted by atomic mass is 32.2. The fraction of sp³-hybridized carbons (Fsp3) is 0.542. The van der Waals surface area contributed by atoms with Gasteiger partial charge in [0.2, 0.25) is 11.8 Å². The molecule has 0 heterocycles. The summed E-state index contributed by atoms with van der Waals surface area (Å²) >= 11 is 1.47. The number of benzene rings is 1. The van der Waals surface area contributed by atoms with Gasteiger partial charge in [-0.1, -0.05) is 30.3 Å². The fourth-order valence-electron chi connectivity index (χ4n) is 3.48. The number of amides is 4. The number of hydrogen-bond acceptors (Lipinski definition) is 8. The fourth-order valence-corrected chi connectivity index (χ4v) is 3.97. The van der Waals surface area contributed by atoms with E-state index in [1.54, 1.807) is 20.8 Å². The van der Waals surface area contributed by atoms with E-state index in [0.29, 0.717) is 23.5 Å². The Kier molecular flexibility index (Phi) is 9.84. The van der Waals surface area contributed by atoms with Crippen LogP contribution in [0.4, 0.5) is 4.79 Å². The molecule has 1 fully saturated rings. The van der Waals surface area contributed by atoms with Crippen molar-refractivity contribution in [3.8, 4) is 0 Å². The molecule has 2 unspecified atom stereocenters. The number of rotatable bonds is 10. The van der Waals surface area contributed by atoms with E-state index in [0.717, 1.165) is 5.56 Å². The molecule has 0 saturated heterocycles. The first-order valence-electron chi connectivity index (χ1n) is 11.3. The highest BCUT2D eigenvalue weighted by molar-refractivity contribution is 7.98. The lowest BCUT2D eigenvalue weighted by atomic mass is 10.1. The average molecular weight is 508 g/mol. The molecule has 4 N–H and O–H groups in total. The van der Waals surface area contributed by atoms with Crippen LogP contribution in [0.3, 0.4) is 0 Å². The third kappa shape index (κ3) is 8.36. The van der Waals surface area contributed by atoms with Crippen molar-refractivity contribution in [2.45, 2.75) is 63.6 Å². The lowest BCUT2D eigenvalue weighted by molar-refractivity contribution is -0.150. The summed E-state index contributed by atoms with van der Waals surface area (Å²) in [5.74, 6) is -4.37. The van der Waals surface area contributed by atoms with Gasteiger partial charge in [0.25, 0.3) is 5.91 Å². The van der Waals surface area contributed by atoms with Crippen molar-refractivity contribution in [1.29, 1.82) is 0 Å². The molecule has 0 radical (unpaired) electrons. The average Bonchev–Trinajstić information content (AvgIpc) is 3.57. The summed E-state index contributed by atoms with van der Waals surface area (Å²) in [6.45, 7) is 4.72. The Bertz CT molecular complexity index is 948. The van der Waals surface area contributed by atoms with Crippen LogP contribution < -0.4 is 11.1 Å². The van der Waals surface area contributed by atoms with Gasteiger partial charge in [0.15, 0.2) is 0 Å². The summed E-state index contributed by atoms with van der Waals surface area (Å²) in [6.07, 6.45) is 0.509. The minimum Gasteiger partial charge on any atom is -0.481 e. The predicted molar refractivity (Wildman–Crippen MR) is 131 cm³/mol. The first-order chi connectivity index (χ1) is 16.4. The van der Waals surface area contributed by atoms with E-state index in [-0.39, 0.29) is 5.92 Å². The number of nitrogens with zero attached hydrogens (tertiary/aromatic N) is 1. The molecule has 1 aliphatic carbocycles. The van der Waals surface area contributed by atoms with Crippen LogP contribution in [0.5, 0.6) is 0 Å². The Hall–Kier alpha value is -2.92. The number of thioether (sulfide) groups is 1. The SMILES string of the molecule is CSCC[C@H](N)C(=O)N[C@@H](CC(=O)O)C(=O)N(C(=O)OC(C)(C)C)C(=O)C1CC1c1ccccc1. The first kappa shape index (κ1) is 28.3. The lowest BCUT2D eigenvalue weighted by Crippen LogP contribution is -2.56. The smallest absolute Gasteiger partial charge is 0.424 e. The molecule has 1 saturated carbocycles. The third-order valence-electron chi connectivity index (χ3n) is 5.32. The number of imide groups is 3. The van der Waals surface area contributed by atoms with E-state index in [1.165, 1.54) is 11.8 Å². The molecule has 1 aliphatic rings. The molecular weight excluding hydrogens is 474 g/mol. The number of nitrogens with two attached hydrogens (primary N) is 1. The maximum atomic E-state index is 13.4. The minimum absolute atomic E-state index is 0.186. The third-order valence-corrected chi connectivity index (χ3v) is 5.96. The highest BCUT2D eigenvalue weighted by Gasteiger charge is 2.50. The lowest BCUT2D eigenvalue weighted by Gasteiger charge is -2.28. The van der Waals surface area contributed by atoms with Gasteiger partial charge in [-0.25, -0.2) is 4.79 Å². The zero-order valence-corrected chi connectivity index (χ0v) is 21.2. The molecule has 1 aromatic carbocycles. The second-order valence-electron chi connectivity index (χ2n) is 9.40. The number of aliphatic carboxylic acids is 1. The Morgan fingerprint density at radius 3 is 2.37 bits per heavy atom. The van der Waals surface area contributed by atoms with Crippen molar-refractivity contribution in [2.75, 3.05) is 12.0 Å². The molecule has 11 heteroatoms. The summed E-state index contributed by atoms with van der Waals surface area (Å²) in [7, 11) is 0. The summed E-state index contributed by atoms with van der Waals surface area (Å²) in [5.41, 5.74) is 5.71. The van der Waals surface area contributed by atoms with Gasteiger partial charge < -0.3 is 20.9 Å². The van der Waals surface area contributed by atoms with Crippen molar-refractivity contribution < 1.29 is 33.8 Å². The molecule has 0 aromatic heterocycles. The van der Waals surface area contributed by atoms with Crippen LogP contribution in [-0.4, -0.2) is 69.5 Å². The van der Waals surface area contributed by atoms with Crippen LogP contribution in [0.15, 0.2) is 30.3 Å². The molecule has 0 bridgehead atoms. The van der Waals surface area contributed by atoms with Crippen molar-refractivity contribution >= 4 is 41.5 Å². The van der Waals surface area contributed by atoms with E-state index < -0.39 is 59.8 Å². The van der Waals surface area contributed by atoms with Crippen molar-refractivity contribution in [3.63, 3.8) is 0 Å². The maximum Gasteiger partial charge on any atom is 0.424 e. The van der Waals surface area contributed by atoms with Crippen LogP contribution >= 0.6 is 11.8 Å². The molecule has 4 amide bonds. The Labute approximate surface area is 208 Å². The molecule has 35 heavy (non-hydrogen) atoms. The molecule has 0 spiro atoms. The number of hydrogen-bond donors (Lipinski definition) is 3. The van der Waals surface area contributed by atoms with Gasteiger partial charge >= 0.3 is 12.1 Å². The van der Waals surface area contributed by atoms with Crippen molar-refractivity contribution in [1.82, 2.24) is 10.2 Å². The standard InChI is InChI=1S/C24H33N3O7S/c1-24(2,3)34-23(33)27(21(31)16-12-15(16)14-8-6-5-7-9-14)22(32)18(13-19(28)29)26-20(30)17(25)10-11-35-4/h5-9,15-18H,10-13,25H2,1-4H3,(H,26,30)(H,28,29)/t15?,16?,17-,18-/m0/s1. The molecule has 4 atom stereocenters. The second-order valence-corrected chi connectivity index (χ2v) is 10.4. The normalized spacial score (nSPS) is 18.7. The molecule has 2 rings (SSSR count). The van der Waals surface area contributed by atoms with Gasteiger partial charge in [0.1, 0.15) is 11.6 Å². The first-order valence-corrected chi connectivity index (χ1v) is 12.7. The molecule has 1 aromatic rings. The monoisotopic (exact) mass is 507 g/mol. The predicted octanol–water partition coefficient (Wildman–Crippen LogP) is 2.12. The maximum absolute atomic E-state index is 13.4. The van der Waals surface area contributed by atoms with E-state index >= 15 is 0 Å². The highest BCUT2D eigenvalue weighted by Crippen LogP contribution is 2.48. The largest absolute Gasteiger partial charge is 0.481 e. The Balaban J connectivity index is 2.30. The molecule has 10 nitrogen and oxygen atoms in total. The van der Waals surface area contributed by atoms with E-state index in [1.807, 2.05) is 36.6 Å². The summed E-state index contributed by atoms with van der Waals surface area (Å²) in [6, 6.07) is 6.52. The van der Waals surface area contributed by atoms with Gasteiger partial charge in [-0.3, -0.25) is 19.2 Å². The Morgan fingerprint density at radius 1 is 1.20 bits per heavy atom. The zero-order chi connectivity index (χ0) is 26.3. The van der Waals surface area contributed by atoms with Crippen molar-refractivity contribution in [3.05, 3.63) is 35.9 Å². The van der Waals surface area contributed by atoms with Crippen LogP contribution in [0.2, 0.25) is 0 Å². The number of carboxylic acid groups (broad SMARTS) is 1. The van der Waals surface area contributed by atoms with Gasteiger partial charge in [-0.2, -0.15) is 16.7 Å². The molecule has 0 aliphatic heterocycles. The van der Waals surface area contributed by atoms with Gasteiger partial charge in [-0.15, -0.1) is 0 Å². The number of carbonyl (C=O) groups excluding carboxylic acids is 4. The van der Waals surface area contributed by atoms with Gasteiger partial charge in [0.05, 0.1) is 12.5 Å². The number of nitrogens with one attached hydrogen (secondary N) is 1. The topological polar surface area (TPSA) is 156 Å². The van der Waals surface area contributed by atoms with Crippen LogP contribution in [0.25, 0.3) is 0 Å². The van der Waals surface area contributed by atoms with Crippen LogP contribution in [-0.2, 0) is 23.9 Å². The molecule has 192 valence electrons. The summed E-state index contributed by atoms with van der Waals surface area (Å²) in [4.78, 5) is 63.9. The second kappa shape index (κ2) is 12.2. The summed E-state index contributed by atoms with van der Waals surface area (Å²) in [5, 5.41) is 11.6. The van der Waals surface area contributed by atoms with Gasteiger partial charge in [0, 0.05) is 5.92 Å². The number of carboxylic acids is 1. The van der Waals surface area contributed by atoms with Crippen molar-refractivity contribution in [2.24, 2.45) is 11.7 Å². The zero-order valence-electron chi connectivity index (χ0n) is 20.4. The van der Waals surface area contributed by atoms with Gasteiger partial charge in [-0.05, 0) is 57.1 Å². The van der Waals surface area contributed by atoms with E-state index in [4.69, 9.17) is 10.5 Å². The van der Waals surface area contributed by atoms with E-state index in [9.17, 15) is 29.1 Å². The van der Waals surface area contributed by atoms with E-state index in [2.05, 4.69) is 5.32 Å². The Morgan fingerprint density at radius 2 is 1.83 bits per heavy atom.